The van der Waals surface area contributed by atoms with Crippen molar-refractivity contribution in [3.8, 4) is 11.4 Å². The van der Waals surface area contributed by atoms with Gasteiger partial charge in [-0.3, -0.25) is 0 Å². The molecule has 1 aromatic carbocycles. The Balaban J connectivity index is 1.86. The van der Waals surface area contributed by atoms with E-state index in [-0.39, 0.29) is 0 Å². The summed E-state index contributed by atoms with van der Waals surface area (Å²) in [5.74, 6) is 1.81. The number of likely N-dealkylation sites (N-methyl/N-ethyl adjacent to an activating group) is 1. The lowest BCUT2D eigenvalue weighted by Gasteiger charge is -2.33. The minimum Gasteiger partial charge on any atom is -0.388 e. The van der Waals surface area contributed by atoms with E-state index in [1.54, 1.807) is 0 Å². The fraction of sp³-hybridized carbons (Fsp3) is 0.429. The fourth-order valence-electron chi connectivity index (χ4n) is 2.40. The Kier molecular flexibility index (Phi) is 2.98. The van der Waals surface area contributed by atoms with Gasteiger partial charge < -0.3 is 14.7 Å². The first-order valence-electron chi connectivity index (χ1n) is 6.48. The Hall–Kier alpha value is -1.88. The topological polar surface area (TPSA) is 54.2 Å². The molecule has 0 aliphatic carbocycles. The van der Waals surface area contributed by atoms with Gasteiger partial charge in [0.15, 0.2) is 0 Å². The van der Waals surface area contributed by atoms with Crippen LogP contribution >= 0.6 is 0 Å². The van der Waals surface area contributed by atoms with Crippen molar-refractivity contribution in [1.82, 2.24) is 15.0 Å². The molecule has 0 atom stereocenters. The minimum absolute atomic E-state index is 0.389. The molecule has 100 valence electrons. The van der Waals surface area contributed by atoms with E-state index in [1.165, 1.54) is 5.56 Å². The first-order chi connectivity index (χ1) is 9.17. The van der Waals surface area contributed by atoms with Crippen molar-refractivity contribution in [2.24, 2.45) is 0 Å². The zero-order valence-electron chi connectivity index (χ0n) is 11.5. The Morgan fingerprint density at radius 1 is 1.37 bits per heavy atom. The van der Waals surface area contributed by atoms with E-state index in [0.717, 1.165) is 30.2 Å². The first kappa shape index (κ1) is 12.2. The van der Waals surface area contributed by atoms with Crippen LogP contribution in [0.3, 0.4) is 0 Å². The number of hydrogen-bond acceptors (Lipinski definition) is 5. The molecule has 1 fully saturated rings. The van der Waals surface area contributed by atoms with E-state index in [4.69, 9.17) is 4.52 Å². The van der Waals surface area contributed by atoms with Crippen LogP contribution in [0, 0.1) is 6.92 Å². The number of aryl methyl sites for hydroxylation is 1. The number of nitrogens with zero attached hydrogens (tertiary/aromatic N) is 3. The van der Waals surface area contributed by atoms with Crippen LogP contribution in [0.1, 0.15) is 17.4 Å². The van der Waals surface area contributed by atoms with Gasteiger partial charge in [-0.2, -0.15) is 4.98 Å². The molecule has 0 spiro atoms. The Labute approximate surface area is 112 Å². The number of nitrogens with one attached hydrogen (secondary N) is 1. The van der Waals surface area contributed by atoms with Gasteiger partial charge in [0.25, 0.3) is 0 Å². The molecule has 0 radical (unpaired) electrons. The summed E-state index contributed by atoms with van der Waals surface area (Å²) in [5.41, 5.74) is 3.28. The number of benzene rings is 1. The summed E-state index contributed by atoms with van der Waals surface area (Å²) in [5, 5.41) is 7.26. The second-order valence-corrected chi connectivity index (χ2v) is 5.15. The lowest BCUT2D eigenvalue weighted by Crippen LogP contribution is -2.41. The van der Waals surface area contributed by atoms with Gasteiger partial charge in [0.1, 0.15) is 0 Å². The van der Waals surface area contributed by atoms with Crippen LogP contribution in [0.25, 0.3) is 11.4 Å². The third kappa shape index (κ3) is 2.21. The Bertz CT molecular complexity index is 587. The van der Waals surface area contributed by atoms with E-state index in [0.29, 0.717) is 11.7 Å². The highest BCUT2D eigenvalue weighted by Gasteiger charge is 2.30. The van der Waals surface area contributed by atoms with Gasteiger partial charge in [-0.25, -0.2) is 0 Å². The van der Waals surface area contributed by atoms with Crippen LogP contribution in [-0.4, -0.2) is 42.2 Å². The molecule has 19 heavy (non-hydrogen) atoms. The predicted octanol–water partition coefficient (Wildman–Crippen LogP) is 2.12. The van der Waals surface area contributed by atoms with Gasteiger partial charge in [-0.1, -0.05) is 17.3 Å². The minimum atomic E-state index is 0.389. The van der Waals surface area contributed by atoms with Crippen molar-refractivity contribution in [2.75, 3.05) is 32.5 Å². The molecule has 5 nitrogen and oxygen atoms in total. The molecule has 1 N–H and O–H groups in total. The third-order valence-electron chi connectivity index (χ3n) is 3.62. The SMILES string of the molecule is CNc1cc(-c2noc(C3CN(C)C3)n2)ccc1C. The van der Waals surface area contributed by atoms with Crippen LogP contribution in [-0.2, 0) is 0 Å². The molecule has 0 amide bonds. The summed E-state index contributed by atoms with van der Waals surface area (Å²) >= 11 is 0. The summed E-state index contributed by atoms with van der Waals surface area (Å²) < 4.78 is 5.37. The highest BCUT2D eigenvalue weighted by atomic mass is 16.5. The maximum atomic E-state index is 5.37. The average molecular weight is 258 g/mol. The predicted molar refractivity (Wildman–Crippen MR) is 74.3 cm³/mol. The second-order valence-electron chi connectivity index (χ2n) is 5.15. The molecule has 3 rings (SSSR count). The number of likely N-dealkylation sites (tertiary alicyclic amines) is 1. The van der Waals surface area contributed by atoms with Crippen molar-refractivity contribution < 1.29 is 4.52 Å². The van der Waals surface area contributed by atoms with Crippen molar-refractivity contribution in [2.45, 2.75) is 12.8 Å². The summed E-state index contributed by atoms with van der Waals surface area (Å²) in [6.07, 6.45) is 0. The molecule has 0 unspecified atom stereocenters. The molecule has 1 saturated heterocycles. The van der Waals surface area contributed by atoms with Crippen molar-refractivity contribution in [3.05, 3.63) is 29.7 Å². The number of rotatable bonds is 3. The van der Waals surface area contributed by atoms with Gasteiger partial charge in [-0.05, 0) is 25.6 Å². The second kappa shape index (κ2) is 4.66. The van der Waals surface area contributed by atoms with Crippen LogP contribution in [0.5, 0.6) is 0 Å². The smallest absolute Gasteiger partial charge is 0.232 e. The number of anilines is 1. The highest BCUT2D eigenvalue weighted by Crippen LogP contribution is 2.27. The quantitative estimate of drug-likeness (QED) is 0.914. The summed E-state index contributed by atoms with van der Waals surface area (Å²) in [7, 11) is 4.00. The van der Waals surface area contributed by atoms with E-state index in [1.807, 2.05) is 13.1 Å². The van der Waals surface area contributed by atoms with Gasteiger partial charge in [-0.15, -0.1) is 0 Å². The molecule has 2 heterocycles. The van der Waals surface area contributed by atoms with Gasteiger partial charge in [0.05, 0.1) is 5.92 Å². The zero-order chi connectivity index (χ0) is 13.4. The van der Waals surface area contributed by atoms with E-state index < -0.39 is 0 Å². The summed E-state index contributed by atoms with van der Waals surface area (Å²) in [4.78, 5) is 6.75. The lowest BCUT2D eigenvalue weighted by atomic mass is 10.0. The van der Waals surface area contributed by atoms with Crippen molar-refractivity contribution in [1.29, 1.82) is 0 Å². The molecule has 0 saturated carbocycles. The average Bonchev–Trinajstić information content (AvgIpc) is 2.85. The van der Waals surface area contributed by atoms with E-state index in [2.05, 4.69) is 46.5 Å². The third-order valence-corrected chi connectivity index (χ3v) is 3.62. The van der Waals surface area contributed by atoms with Crippen LogP contribution in [0.4, 0.5) is 5.69 Å². The summed E-state index contributed by atoms with van der Waals surface area (Å²) in [6, 6.07) is 6.14. The number of hydrogen-bond donors (Lipinski definition) is 1. The fourth-order valence-corrected chi connectivity index (χ4v) is 2.40. The molecule has 1 aliphatic rings. The molecular formula is C14H18N4O. The molecule has 5 heteroatoms. The van der Waals surface area contributed by atoms with Crippen molar-refractivity contribution >= 4 is 5.69 Å². The molecule has 1 aromatic heterocycles. The monoisotopic (exact) mass is 258 g/mol. The maximum absolute atomic E-state index is 5.37. The first-order valence-corrected chi connectivity index (χ1v) is 6.48. The normalized spacial score (nSPS) is 16.4. The highest BCUT2D eigenvalue weighted by molar-refractivity contribution is 5.64. The number of aromatic nitrogens is 2. The molecule has 2 aromatic rings. The van der Waals surface area contributed by atoms with E-state index >= 15 is 0 Å². The van der Waals surface area contributed by atoms with Gasteiger partial charge in [0, 0.05) is 31.4 Å². The lowest BCUT2D eigenvalue weighted by molar-refractivity contribution is 0.158. The van der Waals surface area contributed by atoms with Crippen LogP contribution in [0.2, 0.25) is 0 Å². The maximum Gasteiger partial charge on any atom is 0.232 e. The van der Waals surface area contributed by atoms with Gasteiger partial charge >= 0.3 is 0 Å². The molecule has 0 bridgehead atoms. The van der Waals surface area contributed by atoms with Gasteiger partial charge in [0.2, 0.25) is 11.7 Å². The van der Waals surface area contributed by atoms with Crippen molar-refractivity contribution in [3.63, 3.8) is 0 Å². The Morgan fingerprint density at radius 2 is 2.16 bits per heavy atom. The van der Waals surface area contributed by atoms with Crippen LogP contribution in [0.15, 0.2) is 22.7 Å². The van der Waals surface area contributed by atoms with E-state index in [9.17, 15) is 0 Å². The summed E-state index contributed by atoms with van der Waals surface area (Å²) in [6.45, 7) is 4.07. The molecule has 1 aliphatic heterocycles. The standard InChI is InChI=1S/C14H18N4O/c1-9-4-5-10(6-12(9)15-2)13-16-14(19-17-13)11-7-18(3)8-11/h4-6,11,15H,7-8H2,1-3H3. The zero-order valence-corrected chi connectivity index (χ0v) is 11.5. The largest absolute Gasteiger partial charge is 0.388 e. The molecular weight excluding hydrogens is 240 g/mol. The van der Waals surface area contributed by atoms with Crippen LogP contribution < -0.4 is 5.32 Å². The Morgan fingerprint density at radius 3 is 2.84 bits per heavy atom.